The molecule has 1 aromatic heterocycles. The van der Waals surface area contributed by atoms with Gasteiger partial charge in [0, 0.05) is 23.1 Å². The van der Waals surface area contributed by atoms with Gasteiger partial charge in [-0.2, -0.15) is 0 Å². The maximum Gasteiger partial charge on any atom is 0.336 e. The van der Waals surface area contributed by atoms with Crippen LogP contribution < -0.4 is 0 Å². The van der Waals surface area contributed by atoms with Gasteiger partial charge in [0.1, 0.15) is 0 Å². The maximum atomic E-state index is 11.4. The third-order valence-electron chi connectivity index (χ3n) is 3.51. The first-order chi connectivity index (χ1) is 8.61. The molecule has 96 valence electrons. The molecule has 1 aromatic carbocycles. The minimum absolute atomic E-state index is 0.419. The zero-order valence-corrected chi connectivity index (χ0v) is 11.2. The third kappa shape index (κ3) is 1.80. The summed E-state index contributed by atoms with van der Waals surface area (Å²) in [6.07, 6.45) is 1.91. The Morgan fingerprint density at radius 3 is 2.61 bits per heavy atom. The number of fused-ring (bicyclic) bond motifs is 1. The van der Waals surface area contributed by atoms with Crippen LogP contribution in [0, 0.1) is 6.92 Å². The van der Waals surface area contributed by atoms with E-state index in [1.54, 1.807) is 6.07 Å². The van der Waals surface area contributed by atoms with E-state index < -0.39 is 5.97 Å². The van der Waals surface area contributed by atoms with Crippen LogP contribution in [0.4, 0.5) is 0 Å². The van der Waals surface area contributed by atoms with Crippen molar-refractivity contribution in [2.45, 2.75) is 40.2 Å². The first-order valence-electron chi connectivity index (χ1n) is 6.45. The monoisotopic (exact) mass is 245 g/mol. The molecule has 0 bridgehead atoms. The predicted octanol–water partition coefficient (Wildman–Crippen LogP) is 3.62. The summed E-state index contributed by atoms with van der Waals surface area (Å²) in [6.45, 7) is 7.24. The summed E-state index contributed by atoms with van der Waals surface area (Å²) < 4.78 is 2.24. The van der Waals surface area contributed by atoms with E-state index in [0.717, 1.165) is 35.9 Å². The molecule has 0 fully saturated rings. The average Bonchev–Trinajstić information content (AvgIpc) is 2.62. The van der Waals surface area contributed by atoms with Crippen molar-refractivity contribution >= 4 is 16.9 Å². The molecule has 0 saturated heterocycles. The molecule has 2 rings (SSSR count). The zero-order valence-electron chi connectivity index (χ0n) is 11.2. The SMILES string of the molecule is CCCn1c(C)c(CC)c2c(C(=O)O)cccc21. The van der Waals surface area contributed by atoms with E-state index in [4.69, 9.17) is 0 Å². The van der Waals surface area contributed by atoms with Crippen LogP contribution in [0.5, 0.6) is 0 Å². The van der Waals surface area contributed by atoms with Gasteiger partial charge in [0.2, 0.25) is 0 Å². The van der Waals surface area contributed by atoms with Crippen molar-refractivity contribution in [2.75, 3.05) is 0 Å². The molecule has 0 aliphatic heterocycles. The van der Waals surface area contributed by atoms with Gasteiger partial charge in [-0.05, 0) is 37.5 Å². The zero-order chi connectivity index (χ0) is 13.3. The highest BCUT2D eigenvalue weighted by Crippen LogP contribution is 2.29. The van der Waals surface area contributed by atoms with E-state index in [-0.39, 0.29) is 0 Å². The summed E-state index contributed by atoms with van der Waals surface area (Å²) >= 11 is 0. The Labute approximate surface area is 107 Å². The Morgan fingerprint density at radius 2 is 2.06 bits per heavy atom. The van der Waals surface area contributed by atoms with Crippen LogP contribution in [0.2, 0.25) is 0 Å². The minimum Gasteiger partial charge on any atom is -0.478 e. The molecule has 0 amide bonds. The summed E-state index contributed by atoms with van der Waals surface area (Å²) in [6, 6.07) is 5.54. The van der Waals surface area contributed by atoms with Gasteiger partial charge in [0.25, 0.3) is 0 Å². The van der Waals surface area contributed by atoms with Crippen molar-refractivity contribution in [3.05, 3.63) is 35.0 Å². The topological polar surface area (TPSA) is 42.2 Å². The Balaban J connectivity index is 2.86. The predicted molar refractivity (Wildman–Crippen MR) is 73.3 cm³/mol. The van der Waals surface area contributed by atoms with Gasteiger partial charge in [0.15, 0.2) is 0 Å². The van der Waals surface area contributed by atoms with Crippen LogP contribution in [0.25, 0.3) is 10.9 Å². The van der Waals surface area contributed by atoms with Crippen LogP contribution >= 0.6 is 0 Å². The quantitative estimate of drug-likeness (QED) is 0.893. The Hall–Kier alpha value is -1.77. The molecule has 0 unspecified atom stereocenters. The summed E-state index contributed by atoms with van der Waals surface area (Å²) in [5.41, 5.74) is 3.83. The molecule has 1 heterocycles. The van der Waals surface area contributed by atoms with Crippen LogP contribution in [0.15, 0.2) is 18.2 Å². The highest BCUT2D eigenvalue weighted by molar-refractivity contribution is 6.05. The lowest BCUT2D eigenvalue weighted by Crippen LogP contribution is -2.00. The number of hydrogen-bond donors (Lipinski definition) is 1. The molecular weight excluding hydrogens is 226 g/mol. The van der Waals surface area contributed by atoms with Crippen molar-refractivity contribution < 1.29 is 9.90 Å². The maximum absolute atomic E-state index is 11.4. The Morgan fingerprint density at radius 1 is 1.33 bits per heavy atom. The molecule has 3 nitrogen and oxygen atoms in total. The molecule has 0 aliphatic carbocycles. The number of nitrogens with zero attached hydrogens (tertiary/aromatic N) is 1. The van der Waals surface area contributed by atoms with E-state index in [2.05, 4.69) is 25.3 Å². The van der Waals surface area contributed by atoms with Crippen LogP contribution in [-0.4, -0.2) is 15.6 Å². The number of aromatic carboxylic acids is 1. The van der Waals surface area contributed by atoms with Gasteiger partial charge in [-0.3, -0.25) is 0 Å². The number of rotatable bonds is 4. The normalized spacial score (nSPS) is 11.1. The van der Waals surface area contributed by atoms with Gasteiger partial charge in [-0.25, -0.2) is 4.79 Å². The standard InChI is InChI=1S/C15H19NO2/c1-4-9-16-10(3)11(5-2)14-12(15(17)18)7-6-8-13(14)16/h6-8H,4-5,9H2,1-3H3,(H,17,18). The number of hydrogen-bond acceptors (Lipinski definition) is 1. The smallest absolute Gasteiger partial charge is 0.336 e. The fourth-order valence-electron chi connectivity index (χ4n) is 2.73. The number of carboxylic acids is 1. The van der Waals surface area contributed by atoms with E-state index in [9.17, 15) is 9.90 Å². The first kappa shape index (κ1) is 12.7. The fourth-order valence-corrected chi connectivity index (χ4v) is 2.73. The van der Waals surface area contributed by atoms with Gasteiger partial charge < -0.3 is 9.67 Å². The lowest BCUT2D eigenvalue weighted by Gasteiger charge is -2.06. The molecule has 0 aliphatic rings. The van der Waals surface area contributed by atoms with Crippen molar-refractivity contribution in [1.82, 2.24) is 4.57 Å². The largest absolute Gasteiger partial charge is 0.478 e. The van der Waals surface area contributed by atoms with Crippen LogP contribution in [0.1, 0.15) is 41.9 Å². The van der Waals surface area contributed by atoms with Crippen molar-refractivity contribution in [3.8, 4) is 0 Å². The molecule has 3 heteroatoms. The lowest BCUT2D eigenvalue weighted by molar-refractivity contribution is 0.0699. The number of benzene rings is 1. The second kappa shape index (κ2) is 4.84. The van der Waals surface area contributed by atoms with E-state index in [1.807, 2.05) is 12.1 Å². The van der Waals surface area contributed by atoms with Gasteiger partial charge >= 0.3 is 5.97 Å². The fraction of sp³-hybridized carbons (Fsp3) is 0.400. The lowest BCUT2D eigenvalue weighted by atomic mass is 10.0. The molecule has 1 N–H and O–H groups in total. The molecule has 0 radical (unpaired) electrons. The second-order valence-corrected chi connectivity index (χ2v) is 4.57. The summed E-state index contributed by atoms with van der Waals surface area (Å²) in [7, 11) is 0. The number of aromatic nitrogens is 1. The second-order valence-electron chi connectivity index (χ2n) is 4.57. The molecule has 2 aromatic rings. The Bertz CT molecular complexity index is 596. The van der Waals surface area contributed by atoms with Crippen LogP contribution in [-0.2, 0) is 13.0 Å². The first-order valence-corrected chi connectivity index (χ1v) is 6.45. The molecule has 0 atom stereocenters. The number of carbonyl (C=O) groups is 1. The summed E-state index contributed by atoms with van der Waals surface area (Å²) in [5.74, 6) is -0.844. The van der Waals surface area contributed by atoms with Crippen molar-refractivity contribution in [3.63, 3.8) is 0 Å². The van der Waals surface area contributed by atoms with E-state index in [0.29, 0.717) is 5.56 Å². The van der Waals surface area contributed by atoms with Crippen LogP contribution in [0.3, 0.4) is 0 Å². The number of carboxylic acid groups (broad SMARTS) is 1. The van der Waals surface area contributed by atoms with E-state index in [1.165, 1.54) is 5.69 Å². The third-order valence-corrected chi connectivity index (χ3v) is 3.51. The van der Waals surface area contributed by atoms with E-state index >= 15 is 0 Å². The highest BCUT2D eigenvalue weighted by atomic mass is 16.4. The molecule has 18 heavy (non-hydrogen) atoms. The number of aryl methyl sites for hydroxylation is 2. The van der Waals surface area contributed by atoms with Crippen molar-refractivity contribution in [1.29, 1.82) is 0 Å². The summed E-state index contributed by atoms with van der Waals surface area (Å²) in [4.78, 5) is 11.4. The minimum atomic E-state index is -0.844. The molecule has 0 spiro atoms. The van der Waals surface area contributed by atoms with Gasteiger partial charge in [-0.1, -0.05) is 19.9 Å². The molecule has 0 saturated carbocycles. The summed E-state index contributed by atoms with van der Waals surface area (Å²) in [5, 5.41) is 10.2. The van der Waals surface area contributed by atoms with Gasteiger partial charge in [-0.15, -0.1) is 0 Å². The Kier molecular flexibility index (Phi) is 3.41. The highest BCUT2D eigenvalue weighted by Gasteiger charge is 2.18. The molecular formula is C15H19NO2. The average molecular weight is 245 g/mol. The van der Waals surface area contributed by atoms with Crippen molar-refractivity contribution in [2.24, 2.45) is 0 Å². The van der Waals surface area contributed by atoms with Gasteiger partial charge in [0.05, 0.1) is 5.56 Å².